The normalized spacial score (nSPS) is 13.1. The van der Waals surface area contributed by atoms with Crippen molar-refractivity contribution in [3.05, 3.63) is 35.4 Å². The summed E-state index contributed by atoms with van der Waals surface area (Å²) in [6.45, 7) is 9.95. The van der Waals surface area contributed by atoms with Crippen molar-refractivity contribution in [2.45, 2.75) is 52.5 Å². The smallest absolute Gasteiger partial charge is 0.00198 e. The van der Waals surface area contributed by atoms with Crippen LogP contribution in [0, 0.1) is 0 Å². The maximum absolute atomic E-state index is 3.48. The Bertz CT molecular complexity index is 287. The molecule has 1 aromatic carbocycles. The lowest BCUT2D eigenvalue weighted by molar-refractivity contribution is 0.548. The molecular formula is C15H25N. The first-order valence-corrected chi connectivity index (χ1v) is 6.45. The minimum absolute atomic E-state index is 0.571. The van der Waals surface area contributed by atoms with Gasteiger partial charge >= 0.3 is 0 Å². The van der Waals surface area contributed by atoms with E-state index in [0.29, 0.717) is 12.0 Å². The van der Waals surface area contributed by atoms with Gasteiger partial charge in [0, 0.05) is 12.6 Å². The number of nitrogens with one attached hydrogen (secondary N) is 1. The second-order valence-electron chi connectivity index (χ2n) is 4.96. The van der Waals surface area contributed by atoms with Gasteiger partial charge in [0.1, 0.15) is 0 Å². The molecule has 0 aliphatic heterocycles. The van der Waals surface area contributed by atoms with Crippen molar-refractivity contribution in [3.8, 4) is 0 Å². The van der Waals surface area contributed by atoms with E-state index in [1.807, 2.05) is 0 Å². The molecule has 0 bridgehead atoms. The first kappa shape index (κ1) is 13.2. The average molecular weight is 219 g/mol. The highest BCUT2D eigenvalue weighted by molar-refractivity contribution is 5.25. The van der Waals surface area contributed by atoms with E-state index in [0.717, 1.165) is 6.54 Å². The Morgan fingerprint density at radius 2 is 1.69 bits per heavy atom. The Labute approximate surface area is 100 Å². The van der Waals surface area contributed by atoms with Crippen molar-refractivity contribution in [1.29, 1.82) is 0 Å². The SMILES string of the molecule is CCCc1ccc(C(C)CNC(C)C)cc1. The molecule has 1 heteroatoms. The molecule has 0 aliphatic rings. The van der Waals surface area contributed by atoms with E-state index < -0.39 is 0 Å². The van der Waals surface area contributed by atoms with Crippen molar-refractivity contribution in [1.82, 2.24) is 5.32 Å². The monoisotopic (exact) mass is 219 g/mol. The molecule has 0 saturated heterocycles. The van der Waals surface area contributed by atoms with Crippen LogP contribution in [0.15, 0.2) is 24.3 Å². The maximum Gasteiger partial charge on any atom is 0.00198 e. The summed E-state index contributed by atoms with van der Waals surface area (Å²) in [5.41, 5.74) is 2.89. The highest BCUT2D eigenvalue weighted by atomic mass is 14.9. The molecule has 1 N–H and O–H groups in total. The van der Waals surface area contributed by atoms with Crippen molar-refractivity contribution < 1.29 is 0 Å². The number of hydrogen-bond acceptors (Lipinski definition) is 1. The average Bonchev–Trinajstić information content (AvgIpc) is 2.27. The van der Waals surface area contributed by atoms with Gasteiger partial charge in [-0.1, -0.05) is 58.4 Å². The highest BCUT2D eigenvalue weighted by Crippen LogP contribution is 2.16. The van der Waals surface area contributed by atoms with Gasteiger partial charge in [-0.2, -0.15) is 0 Å². The molecule has 1 atom stereocenters. The standard InChI is InChI=1S/C15H25N/c1-5-6-14-7-9-15(10-8-14)13(4)11-16-12(2)3/h7-10,12-13,16H,5-6,11H2,1-4H3. The summed E-state index contributed by atoms with van der Waals surface area (Å²) in [6, 6.07) is 9.66. The van der Waals surface area contributed by atoms with Gasteiger partial charge < -0.3 is 5.32 Å². The minimum atomic E-state index is 0.571. The highest BCUT2D eigenvalue weighted by Gasteiger charge is 2.05. The molecule has 0 aliphatic carbocycles. The molecule has 0 saturated carbocycles. The fraction of sp³-hybridized carbons (Fsp3) is 0.600. The summed E-state index contributed by atoms with van der Waals surface area (Å²) >= 11 is 0. The van der Waals surface area contributed by atoms with Crippen LogP contribution in [0.4, 0.5) is 0 Å². The molecule has 1 aromatic rings. The van der Waals surface area contributed by atoms with Crippen LogP contribution in [0.2, 0.25) is 0 Å². The minimum Gasteiger partial charge on any atom is -0.314 e. The lowest BCUT2D eigenvalue weighted by Crippen LogP contribution is -2.26. The summed E-state index contributed by atoms with van der Waals surface area (Å²) in [6.07, 6.45) is 2.42. The predicted octanol–water partition coefficient (Wildman–Crippen LogP) is 3.74. The first-order valence-electron chi connectivity index (χ1n) is 6.45. The van der Waals surface area contributed by atoms with E-state index in [-0.39, 0.29) is 0 Å². The lowest BCUT2D eigenvalue weighted by Gasteiger charge is -2.15. The van der Waals surface area contributed by atoms with Gasteiger partial charge in [0.05, 0.1) is 0 Å². The van der Waals surface area contributed by atoms with Gasteiger partial charge in [0.15, 0.2) is 0 Å². The van der Waals surface area contributed by atoms with Crippen LogP contribution >= 0.6 is 0 Å². The fourth-order valence-corrected chi connectivity index (χ4v) is 1.83. The van der Waals surface area contributed by atoms with Crippen molar-refractivity contribution in [3.63, 3.8) is 0 Å². The number of rotatable bonds is 6. The van der Waals surface area contributed by atoms with E-state index in [4.69, 9.17) is 0 Å². The number of aryl methyl sites for hydroxylation is 1. The van der Waals surface area contributed by atoms with Crippen molar-refractivity contribution >= 4 is 0 Å². The van der Waals surface area contributed by atoms with Crippen molar-refractivity contribution in [2.24, 2.45) is 0 Å². The van der Waals surface area contributed by atoms with Crippen LogP contribution < -0.4 is 5.32 Å². The zero-order chi connectivity index (χ0) is 12.0. The molecule has 1 nitrogen and oxygen atoms in total. The van der Waals surface area contributed by atoms with Gasteiger partial charge in [-0.3, -0.25) is 0 Å². The molecule has 1 unspecified atom stereocenters. The van der Waals surface area contributed by atoms with Crippen LogP contribution in [-0.2, 0) is 6.42 Å². The van der Waals surface area contributed by atoms with Crippen LogP contribution in [0.25, 0.3) is 0 Å². The first-order chi connectivity index (χ1) is 7.63. The number of benzene rings is 1. The van der Waals surface area contributed by atoms with E-state index in [2.05, 4.69) is 57.3 Å². The molecule has 0 aromatic heterocycles. The fourth-order valence-electron chi connectivity index (χ4n) is 1.83. The summed E-state index contributed by atoms with van der Waals surface area (Å²) in [5.74, 6) is 0.595. The Morgan fingerprint density at radius 3 is 2.19 bits per heavy atom. The second kappa shape index (κ2) is 6.70. The Balaban J connectivity index is 2.52. The molecule has 90 valence electrons. The third kappa shape index (κ3) is 4.36. The molecule has 1 rings (SSSR count). The molecular weight excluding hydrogens is 194 g/mol. The summed E-state index contributed by atoms with van der Waals surface area (Å²) < 4.78 is 0. The van der Waals surface area contributed by atoms with Gasteiger partial charge in [0.25, 0.3) is 0 Å². The summed E-state index contributed by atoms with van der Waals surface area (Å²) in [4.78, 5) is 0. The molecule has 0 amide bonds. The van der Waals surface area contributed by atoms with E-state index in [1.165, 1.54) is 24.0 Å². The predicted molar refractivity (Wildman–Crippen MR) is 72.0 cm³/mol. The van der Waals surface area contributed by atoms with Gasteiger partial charge in [0.2, 0.25) is 0 Å². The molecule has 16 heavy (non-hydrogen) atoms. The van der Waals surface area contributed by atoms with Crippen LogP contribution in [0.1, 0.15) is 51.2 Å². The second-order valence-corrected chi connectivity index (χ2v) is 4.96. The van der Waals surface area contributed by atoms with Crippen LogP contribution in [0.5, 0.6) is 0 Å². The summed E-state index contributed by atoms with van der Waals surface area (Å²) in [7, 11) is 0. The lowest BCUT2D eigenvalue weighted by atomic mass is 9.98. The van der Waals surface area contributed by atoms with Gasteiger partial charge in [-0.15, -0.1) is 0 Å². The zero-order valence-corrected chi connectivity index (χ0v) is 11.1. The quantitative estimate of drug-likeness (QED) is 0.768. The van der Waals surface area contributed by atoms with Gasteiger partial charge in [-0.05, 0) is 23.5 Å². The van der Waals surface area contributed by atoms with E-state index in [1.54, 1.807) is 0 Å². The van der Waals surface area contributed by atoms with Crippen LogP contribution in [0.3, 0.4) is 0 Å². The summed E-state index contributed by atoms with van der Waals surface area (Å²) in [5, 5.41) is 3.48. The van der Waals surface area contributed by atoms with Gasteiger partial charge in [-0.25, -0.2) is 0 Å². The van der Waals surface area contributed by atoms with Crippen LogP contribution in [-0.4, -0.2) is 12.6 Å². The maximum atomic E-state index is 3.48. The molecule has 0 spiro atoms. The Hall–Kier alpha value is -0.820. The third-order valence-electron chi connectivity index (χ3n) is 2.92. The largest absolute Gasteiger partial charge is 0.314 e. The molecule has 0 fully saturated rings. The van der Waals surface area contributed by atoms with Crippen molar-refractivity contribution in [2.75, 3.05) is 6.54 Å². The van der Waals surface area contributed by atoms with E-state index >= 15 is 0 Å². The molecule has 0 heterocycles. The Morgan fingerprint density at radius 1 is 1.06 bits per heavy atom. The number of hydrogen-bond donors (Lipinski definition) is 1. The topological polar surface area (TPSA) is 12.0 Å². The molecule has 0 radical (unpaired) electrons. The zero-order valence-electron chi connectivity index (χ0n) is 11.1. The Kier molecular flexibility index (Phi) is 5.54. The van der Waals surface area contributed by atoms with E-state index in [9.17, 15) is 0 Å². The third-order valence-corrected chi connectivity index (χ3v) is 2.92.